The van der Waals surface area contributed by atoms with Crippen LogP contribution in [0.1, 0.15) is 39.6 Å². The van der Waals surface area contributed by atoms with Crippen LogP contribution in [0.5, 0.6) is 11.5 Å². The number of rotatable bonds is 5. The topological polar surface area (TPSA) is 73.3 Å². The first-order valence-corrected chi connectivity index (χ1v) is 9.53. The number of nitrogens with zero attached hydrogens (tertiary/aromatic N) is 2. The minimum Gasteiger partial charge on any atom is -0.497 e. The van der Waals surface area contributed by atoms with Gasteiger partial charge in [0.15, 0.2) is 5.78 Å². The van der Waals surface area contributed by atoms with E-state index in [0.717, 1.165) is 28.4 Å². The maximum atomic E-state index is 12.8. The summed E-state index contributed by atoms with van der Waals surface area (Å²) in [6.45, 7) is 1.87. The van der Waals surface area contributed by atoms with E-state index in [0.29, 0.717) is 30.0 Å². The van der Waals surface area contributed by atoms with Gasteiger partial charge in [-0.25, -0.2) is 9.97 Å². The quantitative estimate of drug-likeness (QED) is 0.695. The number of fused-ring (bicyclic) bond motifs is 1. The fourth-order valence-electron chi connectivity index (χ4n) is 3.75. The summed E-state index contributed by atoms with van der Waals surface area (Å²) < 4.78 is 10.4. The number of carbonyl (C=O) groups excluding carboxylic acids is 1. The van der Waals surface area contributed by atoms with Gasteiger partial charge in [0.2, 0.25) is 5.95 Å². The van der Waals surface area contributed by atoms with Gasteiger partial charge in [-0.2, -0.15) is 0 Å². The molecule has 1 atom stereocenters. The highest BCUT2D eigenvalue weighted by atomic mass is 16.5. The second kappa shape index (κ2) is 7.91. The first-order valence-electron chi connectivity index (χ1n) is 9.53. The molecule has 0 bridgehead atoms. The van der Waals surface area contributed by atoms with E-state index in [2.05, 4.69) is 15.3 Å². The second-order valence-electron chi connectivity index (χ2n) is 7.11. The molecule has 1 heterocycles. The standard InChI is InChI=1S/C23H23N3O3/c1-14-22-20(26-23(24-14)25-17-6-10-19(29-3)11-7-17)12-16(13-21(22)27)15-4-8-18(28-2)9-5-15/h4-11,16H,12-13H2,1-3H3,(H,24,25,26)/t16-/m1/s1. The molecule has 0 radical (unpaired) electrons. The minimum absolute atomic E-state index is 0.0977. The van der Waals surface area contributed by atoms with E-state index in [1.807, 2.05) is 55.5 Å². The van der Waals surface area contributed by atoms with Gasteiger partial charge in [0.05, 0.1) is 31.2 Å². The summed E-state index contributed by atoms with van der Waals surface area (Å²) in [5.74, 6) is 2.28. The number of Topliss-reactive ketones (excluding diaryl/α,β-unsaturated/α-hetero) is 1. The minimum atomic E-state index is 0.0977. The Morgan fingerprint density at radius 1 is 0.897 bits per heavy atom. The number of aryl methyl sites for hydroxylation is 1. The zero-order valence-corrected chi connectivity index (χ0v) is 16.7. The molecule has 0 spiro atoms. The first kappa shape index (κ1) is 18.9. The summed E-state index contributed by atoms with van der Waals surface area (Å²) in [5, 5.41) is 3.23. The fraction of sp³-hybridized carbons (Fsp3) is 0.261. The molecule has 0 aliphatic heterocycles. The lowest BCUT2D eigenvalue weighted by atomic mass is 9.81. The van der Waals surface area contributed by atoms with Crippen molar-refractivity contribution in [1.82, 2.24) is 9.97 Å². The van der Waals surface area contributed by atoms with E-state index >= 15 is 0 Å². The maximum Gasteiger partial charge on any atom is 0.227 e. The molecule has 1 aromatic heterocycles. The van der Waals surface area contributed by atoms with Crippen molar-refractivity contribution >= 4 is 17.4 Å². The molecule has 1 aliphatic rings. The normalized spacial score (nSPS) is 15.6. The SMILES string of the molecule is COc1ccc(Nc2nc(C)c3c(n2)C[C@@H](c2ccc(OC)cc2)CC3=O)cc1. The smallest absolute Gasteiger partial charge is 0.227 e. The second-order valence-corrected chi connectivity index (χ2v) is 7.11. The van der Waals surface area contributed by atoms with E-state index in [4.69, 9.17) is 9.47 Å². The van der Waals surface area contributed by atoms with E-state index in [9.17, 15) is 4.79 Å². The number of ketones is 1. The number of hydrogen-bond donors (Lipinski definition) is 1. The predicted molar refractivity (Wildman–Crippen MR) is 111 cm³/mol. The van der Waals surface area contributed by atoms with Crippen molar-refractivity contribution in [3.05, 3.63) is 71.0 Å². The molecule has 6 nitrogen and oxygen atoms in total. The molecule has 0 unspecified atom stereocenters. The van der Waals surface area contributed by atoms with Gasteiger partial charge in [-0.3, -0.25) is 4.79 Å². The van der Waals surface area contributed by atoms with Gasteiger partial charge >= 0.3 is 0 Å². The van der Waals surface area contributed by atoms with Crippen molar-refractivity contribution < 1.29 is 14.3 Å². The molecule has 2 aromatic carbocycles. The molecular formula is C23H23N3O3. The zero-order chi connectivity index (χ0) is 20.4. The maximum absolute atomic E-state index is 12.8. The van der Waals surface area contributed by atoms with Gasteiger partial charge < -0.3 is 14.8 Å². The van der Waals surface area contributed by atoms with E-state index < -0.39 is 0 Å². The van der Waals surface area contributed by atoms with Gasteiger partial charge in [-0.1, -0.05) is 12.1 Å². The van der Waals surface area contributed by atoms with Crippen LogP contribution in [-0.2, 0) is 6.42 Å². The molecule has 4 rings (SSSR count). The molecule has 3 aromatic rings. The number of hydrogen-bond acceptors (Lipinski definition) is 6. The number of nitrogens with one attached hydrogen (secondary N) is 1. The van der Waals surface area contributed by atoms with Crippen molar-refractivity contribution in [2.75, 3.05) is 19.5 Å². The Bertz CT molecular complexity index is 1030. The lowest BCUT2D eigenvalue weighted by Crippen LogP contribution is -2.22. The third-order valence-corrected chi connectivity index (χ3v) is 5.25. The van der Waals surface area contributed by atoms with Crippen molar-refractivity contribution in [2.45, 2.75) is 25.7 Å². The number of ether oxygens (including phenoxy) is 2. The fourth-order valence-corrected chi connectivity index (χ4v) is 3.75. The van der Waals surface area contributed by atoms with Crippen molar-refractivity contribution in [1.29, 1.82) is 0 Å². The molecule has 1 aliphatic carbocycles. The predicted octanol–water partition coefficient (Wildman–Crippen LogP) is 4.46. The Kier molecular flexibility index (Phi) is 5.16. The summed E-state index contributed by atoms with van der Waals surface area (Å²) in [7, 11) is 3.28. The van der Waals surface area contributed by atoms with Crippen LogP contribution in [0.3, 0.4) is 0 Å². The lowest BCUT2D eigenvalue weighted by Gasteiger charge is -2.24. The number of carbonyl (C=O) groups is 1. The Balaban J connectivity index is 1.61. The average Bonchev–Trinajstić information content (AvgIpc) is 2.73. The lowest BCUT2D eigenvalue weighted by molar-refractivity contribution is 0.0962. The molecule has 0 saturated heterocycles. The molecule has 1 N–H and O–H groups in total. The largest absolute Gasteiger partial charge is 0.497 e. The third kappa shape index (κ3) is 3.92. The van der Waals surface area contributed by atoms with Crippen LogP contribution in [0.4, 0.5) is 11.6 Å². The van der Waals surface area contributed by atoms with Crippen LogP contribution < -0.4 is 14.8 Å². The van der Waals surface area contributed by atoms with Gasteiger partial charge in [0.25, 0.3) is 0 Å². The van der Waals surface area contributed by atoms with Crippen LogP contribution in [-0.4, -0.2) is 30.0 Å². The van der Waals surface area contributed by atoms with Gasteiger partial charge in [0.1, 0.15) is 11.5 Å². The van der Waals surface area contributed by atoms with Gasteiger partial charge in [0, 0.05) is 12.1 Å². The van der Waals surface area contributed by atoms with Crippen LogP contribution in [0.2, 0.25) is 0 Å². The highest BCUT2D eigenvalue weighted by Crippen LogP contribution is 2.34. The molecule has 29 heavy (non-hydrogen) atoms. The Morgan fingerprint density at radius 2 is 1.52 bits per heavy atom. The highest BCUT2D eigenvalue weighted by Gasteiger charge is 2.30. The van der Waals surface area contributed by atoms with Crippen LogP contribution in [0.25, 0.3) is 0 Å². The molecule has 0 saturated carbocycles. The Morgan fingerprint density at radius 3 is 2.14 bits per heavy atom. The van der Waals surface area contributed by atoms with Crippen LogP contribution >= 0.6 is 0 Å². The molecule has 0 amide bonds. The summed E-state index contributed by atoms with van der Waals surface area (Å²) in [6.07, 6.45) is 1.17. The van der Waals surface area contributed by atoms with Crippen molar-refractivity contribution in [3.63, 3.8) is 0 Å². The molecule has 6 heteroatoms. The zero-order valence-electron chi connectivity index (χ0n) is 16.7. The van der Waals surface area contributed by atoms with E-state index in [1.54, 1.807) is 14.2 Å². The Labute approximate surface area is 169 Å². The Hall–Kier alpha value is -3.41. The summed E-state index contributed by atoms with van der Waals surface area (Å²) in [4.78, 5) is 22.0. The molecular weight excluding hydrogens is 366 g/mol. The molecule has 0 fully saturated rings. The van der Waals surface area contributed by atoms with Crippen LogP contribution in [0, 0.1) is 6.92 Å². The summed E-state index contributed by atoms with van der Waals surface area (Å²) >= 11 is 0. The van der Waals surface area contributed by atoms with Gasteiger partial charge in [-0.05, 0) is 61.2 Å². The third-order valence-electron chi connectivity index (χ3n) is 5.25. The molecule has 148 valence electrons. The van der Waals surface area contributed by atoms with Gasteiger partial charge in [-0.15, -0.1) is 0 Å². The average molecular weight is 389 g/mol. The van der Waals surface area contributed by atoms with E-state index in [-0.39, 0.29) is 11.7 Å². The number of anilines is 2. The van der Waals surface area contributed by atoms with E-state index in [1.165, 1.54) is 0 Å². The highest BCUT2D eigenvalue weighted by molar-refractivity contribution is 5.99. The number of benzene rings is 2. The first-order chi connectivity index (χ1) is 14.1. The summed E-state index contributed by atoms with van der Waals surface area (Å²) in [6, 6.07) is 15.4. The van der Waals surface area contributed by atoms with Crippen LogP contribution in [0.15, 0.2) is 48.5 Å². The summed E-state index contributed by atoms with van der Waals surface area (Å²) in [5.41, 5.74) is 4.15. The number of methoxy groups -OCH3 is 2. The van der Waals surface area contributed by atoms with Crippen molar-refractivity contribution in [3.8, 4) is 11.5 Å². The number of aromatic nitrogens is 2. The van der Waals surface area contributed by atoms with Crippen molar-refractivity contribution in [2.24, 2.45) is 0 Å². The monoisotopic (exact) mass is 389 g/mol.